The molecule has 0 radical (unpaired) electrons. The highest BCUT2D eigenvalue weighted by Gasteiger charge is 2.44. The van der Waals surface area contributed by atoms with Gasteiger partial charge in [-0.25, -0.2) is 0 Å². The summed E-state index contributed by atoms with van der Waals surface area (Å²) < 4.78 is 93.4. The maximum Gasteiger partial charge on any atom is 0.461 e. The van der Waals surface area contributed by atoms with Crippen molar-refractivity contribution in [1.29, 1.82) is 0 Å². The fourth-order valence-electron chi connectivity index (χ4n) is 1.98. The van der Waals surface area contributed by atoms with E-state index in [1.54, 1.807) is 0 Å². The Morgan fingerprint density at radius 1 is 1.04 bits per heavy atom. The lowest BCUT2D eigenvalue weighted by molar-refractivity contribution is -0.385. The third-order valence-corrected chi connectivity index (χ3v) is 3.14. The van der Waals surface area contributed by atoms with Crippen molar-refractivity contribution < 1.29 is 40.4 Å². The van der Waals surface area contributed by atoms with Gasteiger partial charge >= 0.3 is 18.7 Å². The number of non-ortho nitro benzene ring substituents is 1. The van der Waals surface area contributed by atoms with E-state index in [4.69, 9.17) is 0 Å². The number of hydrogen-bond acceptors (Lipinski definition) is 4. The zero-order valence-corrected chi connectivity index (χ0v) is 12.9. The molecule has 0 saturated heterocycles. The number of benzene rings is 2. The van der Waals surface area contributed by atoms with Gasteiger partial charge in [-0.15, -0.1) is 0 Å². The van der Waals surface area contributed by atoms with Gasteiger partial charge in [0.1, 0.15) is 5.75 Å². The molecule has 0 aliphatic carbocycles. The van der Waals surface area contributed by atoms with Crippen LogP contribution in [0.1, 0.15) is 5.56 Å². The van der Waals surface area contributed by atoms with Crippen molar-refractivity contribution in [3.8, 4) is 5.75 Å². The van der Waals surface area contributed by atoms with E-state index in [1.807, 2.05) is 0 Å². The van der Waals surface area contributed by atoms with Crippen LogP contribution in [0, 0.1) is 10.1 Å². The first-order valence-electron chi connectivity index (χ1n) is 6.98. The van der Waals surface area contributed by atoms with E-state index in [1.165, 1.54) is 0 Å². The van der Waals surface area contributed by atoms with Crippen LogP contribution in [0.15, 0.2) is 42.5 Å². The summed E-state index contributed by atoms with van der Waals surface area (Å²) in [6, 6.07) is 5.81. The largest absolute Gasteiger partial charge is 0.461 e. The van der Waals surface area contributed by atoms with Crippen molar-refractivity contribution in [2.75, 3.05) is 5.32 Å². The predicted octanol–water partition coefficient (Wildman–Crippen LogP) is 5.59. The van der Waals surface area contributed by atoms with Crippen molar-refractivity contribution in [3.05, 3.63) is 58.1 Å². The molecule has 0 bridgehead atoms. The molecule has 0 aromatic heterocycles. The maximum atomic E-state index is 13.1. The first-order chi connectivity index (χ1) is 12.4. The topological polar surface area (TPSA) is 64.4 Å². The molecule has 2 aromatic rings. The summed E-state index contributed by atoms with van der Waals surface area (Å²) in [7, 11) is 0. The van der Waals surface area contributed by atoms with Crippen LogP contribution < -0.4 is 10.1 Å². The van der Waals surface area contributed by atoms with Gasteiger partial charge in [-0.3, -0.25) is 10.1 Å². The van der Waals surface area contributed by atoms with Gasteiger partial charge in [-0.2, -0.15) is 30.7 Å². The third-order valence-electron chi connectivity index (χ3n) is 3.14. The number of nitrogens with one attached hydrogen (secondary N) is 1. The maximum absolute atomic E-state index is 13.1. The fraction of sp³-hybridized carbons (Fsp3) is 0.200. The van der Waals surface area contributed by atoms with E-state index in [9.17, 15) is 40.8 Å². The van der Waals surface area contributed by atoms with Gasteiger partial charge in [0.05, 0.1) is 16.2 Å². The Hall–Kier alpha value is -3.05. The van der Waals surface area contributed by atoms with Crippen LogP contribution in [0.3, 0.4) is 0 Å². The lowest BCUT2D eigenvalue weighted by atomic mass is 10.1. The molecule has 0 fully saturated rings. The SMILES string of the molecule is O=[N+]([O-])c1ccc(Nc2cccc(OC(F)(F)C(F)F)c2)c(C(F)(F)F)c1. The number of ether oxygens (including phenoxy) is 1. The Morgan fingerprint density at radius 2 is 1.70 bits per heavy atom. The minimum Gasteiger partial charge on any atom is -0.428 e. The summed E-state index contributed by atoms with van der Waals surface area (Å²) in [5.41, 5.74) is -2.98. The quantitative estimate of drug-likeness (QED) is 0.391. The molecule has 0 aliphatic rings. The summed E-state index contributed by atoms with van der Waals surface area (Å²) in [5.74, 6) is -0.722. The van der Waals surface area contributed by atoms with E-state index in [0.717, 1.165) is 36.4 Å². The minimum atomic E-state index is -4.95. The normalized spacial score (nSPS) is 12.1. The first-order valence-corrected chi connectivity index (χ1v) is 6.98. The van der Waals surface area contributed by atoms with Crippen LogP contribution in [-0.4, -0.2) is 17.5 Å². The molecule has 0 spiro atoms. The summed E-state index contributed by atoms with van der Waals surface area (Å²) in [5, 5.41) is 12.9. The predicted molar refractivity (Wildman–Crippen MR) is 79.4 cm³/mol. The Kier molecular flexibility index (Phi) is 5.47. The molecule has 0 heterocycles. The van der Waals surface area contributed by atoms with Crippen molar-refractivity contribution in [1.82, 2.24) is 0 Å². The van der Waals surface area contributed by atoms with Crippen LogP contribution in [0.25, 0.3) is 0 Å². The summed E-state index contributed by atoms with van der Waals surface area (Å²) >= 11 is 0. The van der Waals surface area contributed by atoms with Crippen LogP contribution in [0.5, 0.6) is 5.75 Å². The van der Waals surface area contributed by atoms with Gasteiger partial charge in [0.15, 0.2) is 0 Å². The van der Waals surface area contributed by atoms with Crippen molar-refractivity contribution in [2.45, 2.75) is 18.7 Å². The van der Waals surface area contributed by atoms with Gasteiger partial charge in [0, 0.05) is 23.9 Å². The van der Waals surface area contributed by atoms with E-state index < -0.39 is 46.3 Å². The molecule has 27 heavy (non-hydrogen) atoms. The molecule has 146 valence electrons. The molecular weight excluding hydrogens is 389 g/mol. The molecule has 0 saturated carbocycles. The average molecular weight is 398 g/mol. The standard InChI is InChI=1S/C15H9F7N2O3/c16-13(17)15(21,22)27-10-3-1-2-8(6-10)23-12-5-4-9(24(25)26)7-11(12)14(18,19)20/h1-7,13,23H. The number of alkyl halides is 7. The van der Waals surface area contributed by atoms with Gasteiger partial charge in [0.2, 0.25) is 0 Å². The molecule has 0 unspecified atom stereocenters. The zero-order chi connectivity index (χ0) is 20.4. The number of anilines is 2. The lowest BCUT2D eigenvalue weighted by Gasteiger charge is -2.18. The molecule has 0 amide bonds. The molecule has 12 heteroatoms. The molecule has 2 aromatic carbocycles. The van der Waals surface area contributed by atoms with Crippen LogP contribution in [-0.2, 0) is 6.18 Å². The second kappa shape index (κ2) is 7.29. The first kappa shape index (κ1) is 20.3. The Bertz CT molecular complexity index is 840. The number of halogens is 7. The van der Waals surface area contributed by atoms with Crippen LogP contribution in [0.4, 0.5) is 47.8 Å². The minimum absolute atomic E-state index is 0.197. The highest BCUT2D eigenvalue weighted by Crippen LogP contribution is 2.38. The smallest absolute Gasteiger partial charge is 0.428 e. The Labute approximate surface area is 146 Å². The van der Waals surface area contributed by atoms with E-state index in [-0.39, 0.29) is 5.69 Å². The van der Waals surface area contributed by atoms with Gasteiger partial charge in [-0.05, 0) is 18.2 Å². The zero-order valence-electron chi connectivity index (χ0n) is 12.9. The van der Waals surface area contributed by atoms with Crippen molar-refractivity contribution >= 4 is 17.1 Å². The fourth-order valence-corrected chi connectivity index (χ4v) is 1.98. The molecule has 1 N–H and O–H groups in total. The summed E-state index contributed by atoms with van der Waals surface area (Å²) in [6.07, 6.45) is -13.9. The lowest BCUT2D eigenvalue weighted by Crippen LogP contribution is -2.33. The molecule has 5 nitrogen and oxygen atoms in total. The molecule has 0 atom stereocenters. The van der Waals surface area contributed by atoms with Crippen LogP contribution >= 0.6 is 0 Å². The highest BCUT2D eigenvalue weighted by molar-refractivity contribution is 5.66. The van der Waals surface area contributed by atoms with Crippen molar-refractivity contribution in [2.24, 2.45) is 0 Å². The van der Waals surface area contributed by atoms with Crippen molar-refractivity contribution in [3.63, 3.8) is 0 Å². The summed E-state index contributed by atoms with van der Waals surface area (Å²) in [4.78, 5) is 9.64. The molecule has 0 aliphatic heterocycles. The van der Waals surface area contributed by atoms with E-state index >= 15 is 0 Å². The molecular formula is C15H9F7N2O3. The highest BCUT2D eigenvalue weighted by atomic mass is 19.4. The third kappa shape index (κ3) is 4.99. The van der Waals surface area contributed by atoms with Gasteiger partial charge < -0.3 is 10.1 Å². The second-order valence-electron chi connectivity index (χ2n) is 5.10. The Morgan fingerprint density at radius 3 is 2.26 bits per heavy atom. The average Bonchev–Trinajstić information content (AvgIpc) is 2.53. The number of nitro groups is 1. The van der Waals surface area contributed by atoms with Gasteiger partial charge in [-0.1, -0.05) is 6.07 Å². The van der Waals surface area contributed by atoms with Gasteiger partial charge in [0.25, 0.3) is 5.69 Å². The summed E-state index contributed by atoms with van der Waals surface area (Å²) in [6.45, 7) is 0. The Balaban J connectivity index is 2.35. The van der Waals surface area contributed by atoms with E-state index in [0.29, 0.717) is 6.07 Å². The number of nitro benzene ring substituents is 1. The number of nitrogens with zero attached hydrogens (tertiary/aromatic N) is 1. The second-order valence-corrected chi connectivity index (χ2v) is 5.10. The number of hydrogen-bond donors (Lipinski definition) is 1. The number of rotatable bonds is 6. The molecule has 2 rings (SSSR count). The van der Waals surface area contributed by atoms with Crippen LogP contribution in [0.2, 0.25) is 0 Å². The van der Waals surface area contributed by atoms with E-state index in [2.05, 4.69) is 10.1 Å². The monoisotopic (exact) mass is 398 g/mol.